The van der Waals surface area contributed by atoms with Gasteiger partial charge in [-0.25, -0.2) is 0 Å². The van der Waals surface area contributed by atoms with E-state index in [-0.39, 0.29) is 18.3 Å². The van der Waals surface area contributed by atoms with E-state index in [2.05, 4.69) is 31.4 Å². The Hall–Kier alpha value is -3.01. The van der Waals surface area contributed by atoms with E-state index in [4.69, 9.17) is 0 Å². The van der Waals surface area contributed by atoms with Gasteiger partial charge in [0.1, 0.15) is 6.54 Å². The molecule has 0 atom stereocenters. The molecule has 0 radical (unpaired) electrons. The molecule has 0 spiro atoms. The number of aryl methyl sites for hydroxylation is 1. The van der Waals surface area contributed by atoms with Gasteiger partial charge in [0.15, 0.2) is 0 Å². The number of carbonyl (C=O) groups excluding carboxylic acids is 1. The molecule has 9 nitrogen and oxygen atoms in total. The first-order chi connectivity index (χ1) is 12.8. The third kappa shape index (κ3) is 4.40. The Kier molecular flexibility index (Phi) is 5.36. The largest absolute Gasteiger partial charge is 0.389 e. The van der Waals surface area contributed by atoms with E-state index < -0.39 is 4.92 Å². The van der Waals surface area contributed by atoms with Gasteiger partial charge in [0, 0.05) is 5.69 Å². The van der Waals surface area contributed by atoms with Crippen molar-refractivity contribution in [2.75, 3.05) is 5.32 Å². The van der Waals surface area contributed by atoms with E-state index in [9.17, 15) is 14.9 Å². The summed E-state index contributed by atoms with van der Waals surface area (Å²) < 4.78 is 4.11. The van der Waals surface area contributed by atoms with E-state index in [1.165, 1.54) is 16.9 Å². The highest BCUT2D eigenvalue weighted by Gasteiger charge is 2.14. The molecule has 0 fully saturated rings. The summed E-state index contributed by atoms with van der Waals surface area (Å²) in [5, 5.41) is 21.6. The van der Waals surface area contributed by atoms with Crippen LogP contribution in [0.2, 0.25) is 0 Å². The fourth-order valence-electron chi connectivity index (χ4n) is 2.63. The number of nitrogens with one attached hydrogen (secondary N) is 1. The Labute approximate surface area is 163 Å². The number of anilines is 1. The van der Waals surface area contributed by atoms with E-state index in [0.717, 1.165) is 21.4 Å². The van der Waals surface area contributed by atoms with Gasteiger partial charge in [-0.05, 0) is 52.4 Å². The van der Waals surface area contributed by atoms with Crippen molar-refractivity contribution in [2.24, 2.45) is 0 Å². The molecule has 0 saturated heterocycles. The monoisotopic (exact) mass is 432 g/mol. The molecular weight excluding hydrogens is 416 g/mol. The summed E-state index contributed by atoms with van der Waals surface area (Å²) in [5.74, 6) is -0.611. The van der Waals surface area contributed by atoms with Crippen LogP contribution in [0.5, 0.6) is 0 Å². The Morgan fingerprint density at radius 3 is 2.70 bits per heavy atom. The van der Waals surface area contributed by atoms with E-state index in [1.807, 2.05) is 36.7 Å². The molecule has 27 heavy (non-hydrogen) atoms. The summed E-state index contributed by atoms with van der Waals surface area (Å²) >= 11 is 3.51. The van der Waals surface area contributed by atoms with Crippen LogP contribution in [-0.4, -0.2) is 30.4 Å². The minimum absolute atomic E-state index is 0.109. The van der Waals surface area contributed by atoms with Gasteiger partial charge in [0.05, 0.1) is 39.8 Å². The molecule has 3 rings (SSSR count). The van der Waals surface area contributed by atoms with Crippen molar-refractivity contribution in [2.45, 2.75) is 26.9 Å². The van der Waals surface area contributed by atoms with Gasteiger partial charge in [-0.2, -0.15) is 9.78 Å². The molecule has 3 aromatic rings. The Morgan fingerprint density at radius 1 is 1.30 bits per heavy atom. The molecule has 1 aromatic carbocycles. The Balaban J connectivity index is 1.66. The smallest absolute Gasteiger partial charge is 0.358 e. The van der Waals surface area contributed by atoms with Gasteiger partial charge in [-0.15, -0.1) is 0 Å². The average Bonchev–Trinajstić information content (AvgIpc) is 3.16. The second kappa shape index (κ2) is 7.70. The highest BCUT2D eigenvalue weighted by molar-refractivity contribution is 9.10. The number of nitrogens with zero attached hydrogens (tertiary/aromatic N) is 5. The summed E-state index contributed by atoms with van der Waals surface area (Å²) in [4.78, 5) is 22.2. The minimum Gasteiger partial charge on any atom is -0.358 e. The number of carbonyl (C=O) groups is 1. The molecule has 0 aliphatic rings. The topological polar surface area (TPSA) is 108 Å². The first-order valence-electron chi connectivity index (χ1n) is 8.09. The van der Waals surface area contributed by atoms with Crippen molar-refractivity contribution in [3.8, 4) is 0 Å². The number of nitro groups is 1. The summed E-state index contributed by atoms with van der Waals surface area (Å²) in [6, 6.07) is 8.71. The Bertz CT molecular complexity index is 1010. The van der Waals surface area contributed by atoms with Crippen LogP contribution in [0.3, 0.4) is 0 Å². The van der Waals surface area contributed by atoms with Crippen molar-refractivity contribution in [1.82, 2.24) is 19.6 Å². The maximum Gasteiger partial charge on any atom is 0.389 e. The average molecular weight is 433 g/mol. The van der Waals surface area contributed by atoms with Crippen LogP contribution in [0, 0.1) is 24.0 Å². The van der Waals surface area contributed by atoms with Crippen molar-refractivity contribution in [1.29, 1.82) is 0 Å². The van der Waals surface area contributed by atoms with E-state index in [1.54, 1.807) is 6.07 Å². The molecular formula is C17H17BrN6O3. The summed E-state index contributed by atoms with van der Waals surface area (Å²) in [7, 11) is 0. The quantitative estimate of drug-likeness (QED) is 0.475. The fourth-order valence-corrected chi connectivity index (χ4v) is 2.92. The van der Waals surface area contributed by atoms with Gasteiger partial charge < -0.3 is 15.4 Å². The zero-order chi connectivity index (χ0) is 19.6. The van der Waals surface area contributed by atoms with Crippen LogP contribution < -0.4 is 5.32 Å². The number of benzene rings is 1. The van der Waals surface area contributed by atoms with Crippen LogP contribution in [0.4, 0.5) is 11.5 Å². The van der Waals surface area contributed by atoms with Gasteiger partial charge in [-0.3, -0.25) is 9.48 Å². The van der Waals surface area contributed by atoms with Crippen LogP contribution in [0.15, 0.2) is 41.0 Å². The predicted octanol–water partition coefficient (Wildman–Crippen LogP) is 3.05. The molecule has 0 saturated carbocycles. The number of rotatable bonds is 6. The number of aromatic nitrogens is 4. The molecule has 10 heteroatoms. The lowest BCUT2D eigenvalue weighted by atomic mass is 10.2. The van der Waals surface area contributed by atoms with Crippen LogP contribution in [0.25, 0.3) is 0 Å². The number of halogens is 1. The highest BCUT2D eigenvalue weighted by Crippen LogP contribution is 2.21. The SMILES string of the molecule is Cc1nn(Cc2cccc(NC(=O)Cn3ccc([N+](=O)[O-])n3)c2)c(C)c1Br. The zero-order valence-corrected chi connectivity index (χ0v) is 16.3. The predicted molar refractivity (Wildman–Crippen MR) is 102 cm³/mol. The van der Waals surface area contributed by atoms with Crippen LogP contribution >= 0.6 is 15.9 Å². The van der Waals surface area contributed by atoms with Crippen LogP contribution in [0.1, 0.15) is 17.0 Å². The molecule has 0 bridgehead atoms. The third-order valence-corrected chi connectivity index (χ3v) is 5.10. The molecule has 1 N–H and O–H groups in total. The first-order valence-corrected chi connectivity index (χ1v) is 8.89. The summed E-state index contributed by atoms with van der Waals surface area (Å²) in [6.07, 6.45) is 1.40. The number of hydrogen-bond donors (Lipinski definition) is 1. The number of amides is 1. The fraction of sp³-hybridized carbons (Fsp3) is 0.235. The summed E-state index contributed by atoms with van der Waals surface area (Å²) in [5.41, 5.74) is 3.58. The molecule has 0 aliphatic heterocycles. The van der Waals surface area contributed by atoms with Crippen LogP contribution in [-0.2, 0) is 17.9 Å². The standard InChI is InChI=1S/C17H17BrN6O3/c1-11-17(18)12(2)23(20-11)9-13-4-3-5-14(8-13)19-16(25)10-22-7-6-15(21-22)24(26)27/h3-8H,9-10H2,1-2H3,(H,19,25). The summed E-state index contributed by atoms with van der Waals surface area (Å²) in [6.45, 7) is 4.39. The van der Waals surface area contributed by atoms with Crippen molar-refractivity contribution in [3.05, 3.63) is 68.1 Å². The molecule has 0 unspecified atom stereocenters. The number of hydrogen-bond acceptors (Lipinski definition) is 5. The molecule has 0 aliphatic carbocycles. The second-order valence-corrected chi connectivity index (χ2v) is 6.81. The van der Waals surface area contributed by atoms with Gasteiger partial charge in [0.25, 0.3) is 0 Å². The lowest BCUT2D eigenvalue weighted by molar-refractivity contribution is -0.389. The lowest BCUT2D eigenvalue weighted by Crippen LogP contribution is -2.19. The van der Waals surface area contributed by atoms with Gasteiger partial charge in [-0.1, -0.05) is 12.1 Å². The molecule has 140 valence electrons. The van der Waals surface area contributed by atoms with Gasteiger partial charge >= 0.3 is 5.82 Å². The van der Waals surface area contributed by atoms with E-state index in [0.29, 0.717) is 12.2 Å². The maximum atomic E-state index is 12.2. The molecule has 1 amide bonds. The van der Waals surface area contributed by atoms with Crippen molar-refractivity contribution >= 4 is 33.3 Å². The minimum atomic E-state index is -0.602. The Morgan fingerprint density at radius 2 is 2.07 bits per heavy atom. The highest BCUT2D eigenvalue weighted by atomic mass is 79.9. The lowest BCUT2D eigenvalue weighted by Gasteiger charge is -2.08. The normalized spacial score (nSPS) is 10.8. The first kappa shape index (κ1) is 18.8. The molecule has 2 aromatic heterocycles. The molecule has 2 heterocycles. The second-order valence-electron chi connectivity index (χ2n) is 6.02. The van der Waals surface area contributed by atoms with Crippen molar-refractivity contribution in [3.63, 3.8) is 0 Å². The maximum absolute atomic E-state index is 12.2. The van der Waals surface area contributed by atoms with Crippen molar-refractivity contribution < 1.29 is 9.72 Å². The van der Waals surface area contributed by atoms with E-state index >= 15 is 0 Å². The zero-order valence-electron chi connectivity index (χ0n) is 14.7. The third-order valence-electron chi connectivity index (χ3n) is 3.96. The van der Waals surface area contributed by atoms with Gasteiger partial charge in [0.2, 0.25) is 5.91 Å².